The molecule has 0 fully saturated rings. The Kier molecular flexibility index (Phi) is 5.05. The quantitative estimate of drug-likeness (QED) is 0.846. The van der Waals surface area contributed by atoms with Crippen molar-refractivity contribution in [3.05, 3.63) is 60.2 Å². The number of sulfonamides is 1. The summed E-state index contributed by atoms with van der Waals surface area (Å²) in [5.41, 5.74) is 0.923. The molecule has 0 saturated carbocycles. The average Bonchev–Trinajstić information content (AvgIpc) is 2.60. The second kappa shape index (κ2) is 6.83. The summed E-state index contributed by atoms with van der Waals surface area (Å²) in [5.74, 6) is -0.202. The van der Waals surface area contributed by atoms with Crippen LogP contribution in [0.15, 0.2) is 59.5 Å². The first-order valence-corrected chi connectivity index (χ1v) is 8.71. The highest BCUT2D eigenvalue weighted by Crippen LogP contribution is 2.22. The highest BCUT2D eigenvalue weighted by atomic mass is 32.2. The van der Waals surface area contributed by atoms with Crippen molar-refractivity contribution < 1.29 is 13.2 Å². The van der Waals surface area contributed by atoms with Crippen LogP contribution in [0.2, 0.25) is 0 Å². The van der Waals surface area contributed by atoms with Gasteiger partial charge in [0.1, 0.15) is 0 Å². The Balaban J connectivity index is 2.39. The van der Waals surface area contributed by atoms with Gasteiger partial charge in [0.25, 0.3) is 15.9 Å². The van der Waals surface area contributed by atoms with E-state index in [1.165, 1.54) is 28.4 Å². The van der Waals surface area contributed by atoms with E-state index in [0.717, 1.165) is 0 Å². The van der Waals surface area contributed by atoms with E-state index in [4.69, 9.17) is 0 Å². The summed E-state index contributed by atoms with van der Waals surface area (Å²) < 4.78 is 26.7. The van der Waals surface area contributed by atoms with Crippen LogP contribution < -0.4 is 4.31 Å². The molecule has 0 aliphatic carbocycles. The number of carbonyl (C=O) groups is 1. The first-order valence-electron chi connectivity index (χ1n) is 7.27. The molecule has 0 radical (unpaired) electrons. The molecule has 0 unspecified atom stereocenters. The van der Waals surface area contributed by atoms with Crippen LogP contribution in [-0.4, -0.2) is 39.9 Å². The Morgan fingerprint density at radius 3 is 2.26 bits per heavy atom. The van der Waals surface area contributed by atoms with Crippen LogP contribution >= 0.6 is 0 Å². The molecule has 23 heavy (non-hydrogen) atoms. The molecule has 6 heteroatoms. The highest BCUT2D eigenvalue weighted by Gasteiger charge is 2.22. The zero-order valence-corrected chi connectivity index (χ0v) is 14.2. The van der Waals surface area contributed by atoms with Gasteiger partial charge in [-0.15, -0.1) is 0 Å². The van der Waals surface area contributed by atoms with Crippen molar-refractivity contribution in [2.75, 3.05) is 24.9 Å². The molecular weight excluding hydrogens is 312 g/mol. The maximum absolute atomic E-state index is 12.7. The number of rotatable bonds is 5. The Hall–Kier alpha value is -2.34. The van der Waals surface area contributed by atoms with Crippen LogP contribution in [0.4, 0.5) is 5.69 Å². The molecule has 2 aromatic carbocycles. The van der Waals surface area contributed by atoms with Gasteiger partial charge in [-0.05, 0) is 37.3 Å². The minimum Gasteiger partial charge on any atom is -0.342 e. The lowest BCUT2D eigenvalue weighted by molar-refractivity contribution is 0.0802. The van der Waals surface area contributed by atoms with Crippen molar-refractivity contribution in [3.8, 4) is 0 Å². The molecule has 1 amide bonds. The van der Waals surface area contributed by atoms with Gasteiger partial charge in [-0.1, -0.05) is 24.3 Å². The molecule has 0 aromatic heterocycles. The van der Waals surface area contributed by atoms with E-state index in [-0.39, 0.29) is 10.8 Å². The van der Waals surface area contributed by atoms with Gasteiger partial charge < -0.3 is 4.90 Å². The van der Waals surface area contributed by atoms with E-state index in [9.17, 15) is 13.2 Å². The summed E-state index contributed by atoms with van der Waals surface area (Å²) in [5, 5.41) is 0. The summed E-state index contributed by atoms with van der Waals surface area (Å²) in [6.45, 7) is 2.42. The maximum Gasteiger partial charge on any atom is 0.264 e. The number of carbonyl (C=O) groups excluding carboxylic acids is 1. The third-order valence-electron chi connectivity index (χ3n) is 3.68. The number of para-hydroxylation sites is 1. The van der Waals surface area contributed by atoms with Crippen LogP contribution in [-0.2, 0) is 10.0 Å². The van der Waals surface area contributed by atoms with Gasteiger partial charge in [0, 0.05) is 26.2 Å². The van der Waals surface area contributed by atoms with Gasteiger partial charge in [-0.2, -0.15) is 0 Å². The molecule has 5 nitrogen and oxygen atoms in total. The summed E-state index contributed by atoms with van der Waals surface area (Å²) >= 11 is 0. The minimum atomic E-state index is -3.72. The van der Waals surface area contributed by atoms with Crippen molar-refractivity contribution in [2.45, 2.75) is 11.8 Å². The predicted molar refractivity (Wildman–Crippen MR) is 91.1 cm³/mol. The van der Waals surface area contributed by atoms with Crippen LogP contribution in [0, 0.1) is 0 Å². The number of hydrogen-bond acceptors (Lipinski definition) is 3. The number of nitrogens with zero attached hydrogens (tertiary/aromatic N) is 2. The summed E-state index contributed by atoms with van der Waals surface area (Å²) in [6, 6.07) is 14.9. The minimum absolute atomic E-state index is 0.0965. The number of amides is 1. The van der Waals surface area contributed by atoms with Gasteiger partial charge in [0.2, 0.25) is 0 Å². The van der Waals surface area contributed by atoms with Crippen molar-refractivity contribution >= 4 is 21.6 Å². The molecular formula is C17H20N2O3S. The van der Waals surface area contributed by atoms with Crippen LogP contribution in [0.1, 0.15) is 17.3 Å². The molecule has 122 valence electrons. The fourth-order valence-electron chi connectivity index (χ4n) is 2.09. The van der Waals surface area contributed by atoms with Gasteiger partial charge in [0.05, 0.1) is 10.6 Å². The monoisotopic (exact) mass is 332 g/mol. The summed E-state index contributed by atoms with van der Waals surface area (Å²) in [4.78, 5) is 13.8. The maximum atomic E-state index is 12.7. The molecule has 2 aromatic rings. The number of anilines is 1. The smallest absolute Gasteiger partial charge is 0.264 e. The van der Waals surface area contributed by atoms with E-state index in [0.29, 0.717) is 17.8 Å². The first-order chi connectivity index (χ1) is 10.9. The predicted octanol–water partition coefficient (Wildman–Crippen LogP) is 2.60. The van der Waals surface area contributed by atoms with Crippen molar-refractivity contribution in [2.24, 2.45) is 0 Å². The standard InChI is InChI=1S/C17H20N2O3S/c1-4-18(2)17(20)14-9-8-12-16(13-14)23(21,22)19(3)15-10-6-5-7-11-15/h5-13H,4H2,1-3H3. The molecule has 0 N–H and O–H groups in total. The normalized spacial score (nSPS) is 11.1. The zero-order valence-electron chi connectivity index (χ0n) is 13.4. The van der Waals surface area contributed by atoms with Gasteiger partial charge in [-0.25, -0.2) is 8.42 Å². The molecule has 0 heterocycles. The molecule has 2 rings (SSSR count). The van der Waals surface area contributed by atoms with Gasteiger partial charge in [-0.3, -0.25) is 9.10 Å². The van der Waals surface area contributed by atoms with E-state index < -0.39 is 10.0 Å². The molecule has 0 aliphatic heterocycles. The first kappa shape index (κ1) is 17.0. The highest BCUT2D eigenvalue weighted by molar-refractivity contribution is 7.92. The molecule has 0 spiro atoms. The Morgan fingerprint density at radius 1 is 1.00 bits per heavy atom. The largest absolute Gasteiger partial charge is 0.342 e. The van der Waals surface area contributed by atoms with Crippen molar-refractivity contribution in [1.82, 2.24) is 4.90 Å². The lowest BCUT2D eigenvalue weighted by Gasteiger charge is -2.20. The molecule has 0 saturated heterocycles. The lowest BCUT2D eigenvalue weighted by atomic mass is 10.2. The summed E-state index contributed by atoms with van der Waals surface area (Å²) in [6.07, 6.45) is 0. The molecule has 0 atom stereocenters. The molecule has 0 bridgehead atoms. The van der Waals surface area contributed by atoms with E-state index >= 15 is 0 Å². The SMILES string of the molecule is CCN(C)C(=O)c1cccc(S(=O)(=O)N(C)c2ccccc2)c1. The second-order valence-electron chi connectivity index (χ2n) is 5.16. The Labute approximate surface area is 137 Å². The van der Waals surface area contributed by atoms with Crippen molar-refractivity contribution in [1.29, 1.82) is 0 Å². The topological polar surface area (TPSA) is 57.7 Å². The van der Waals surface area contributed by atoms with Gasteiger partial charge >= 0.3 is 0 Å². The third kappa shape index (κ3) is 3.53. The van der Waals surface area contributed by atoms with E-state index in [2.05, 4.69) is 0 Å². The van der Waals surface area contributed by atoms with Gasteiger partial charge in [0.15, 0.2) is 0 Å². The fraction of sp³-hybridized carbons (Fsp3) is 0.235. The Bertz CT molecular complexity index is 788. The van der Waals surface area contributed by atoms with Crippen LogP contribution in [0.3, 0.4) is 0 Å². The molecule has 0 aliphatic rings. The van der Waals surface area contributed by atoms with Crippen LogP contribution in [0.25, 0.3) is 0 Å². The second-order valence-corrected chi connectivity index (χ2v) is 7.12. The fourth-order valence-corrected chi connectivity index (χ4v) is 3.33. The van der Waals surface area contributed by atoms with E-state index in [1.54, 1.807) is 43.4 Å². The van der Waals surface area contributed by atoms with E-state index in [1.807, 2.05) is 13.0 Å². The lowest BCUT2D eigenvalue weighted by Crippen LogP contribution is -2.28. The van der Waals surface area contributed by atoms with Crippen molar-refractivity contribution in [3.63, 3.8) is 0 Å². The average molecular weight is 332 g/mol. The Morgan fingerprint density at radius 2 is 1.65 bits per heavy atom. The number of hydrogen-bond donors (Lipinski definition) is 0. The van der Waals surface area contributed by atoms with Crippen LogP contribution in [0.5, 0.6) is 0 Å². The zero-order chi connectivity index (χ0) is 17.0. The summed E-state index contributed by atoms with van der Waals surface area (Å²) in [7, 11) is -0.540. The third-order valence-corrected chi connectivity index (χ3v) is 5.46. The number of benzene rings is 2.